The highest BCUT2D eigenvalue weighted by Gasteiger charge is 2.19. The normalized spacial score (nSPS) is 13.2. The van der Waals surface area contributed by atoms with Gasteiger partial charge in [0.25, 0.3) is 5.91 Å². The van der Waals surface area contributed by atoms with Crippen molar-refractivity contribution in [1.29, 1.82) is 0 Å². The monoisotopic (exact) mass is 375 g/mol. The molecule has 1 fully saturated rings. The molecular formula is C20H26ClN3O2. The van der Waals surface area contributed by atoms with Crippen LogP contribution in [0.5, 0.6) is 5.75 Å². The van der Waals surface area contributed by atoms with Gasteiger partial charge in [0.05, 0.1) is 5.56 Å². The Morgan fingerprint density at radius 1 is 1.15 bits per heavy atom. The molecule has 6 heteroatoms. The standard InChI is InChI=1S/C20H25N3O2.ClH/c1-15-4-9-19(23-11-2-3-12-23)18(14-15)20(24)22-16-5-7-17(8-6-16)25-13-10-21;/h4-9,14H,2-3,10-13,21H2,1H3,(H,22,24);1H. The van der Waals surface area contributed by atoms with E-state index in [-0.39, 0.29) is 18.3 Å². The zero-order valence-electron chi connectivity index (χ0n) is 15.0. The molecular weight excluding hydrogens is 350 g/mol. The first kappa shape index (κ1) is 20.1. The van der Waals surface area contributed by atoms with Gasteiger partial charge in [0.2, 0.25) is 0 Å². The van der Waals surface area contributed by atoms with E-state index < -0.39 is 0 Å². The lowest BCUT2D eigenvalue weighted by Gasteiger charge is -2.21. The van der Waals surface area contributed by atoms with E-state index in [0.29, 0.717) is 13.2 Å². The van der Waals surface area contributed by atoms with Crippen LogP contribution in [0.15, 0.2) is 42.5 Å². The molecule has 140 valence electrons. The first-order valence-corrected chi connectivity index (χ1v) is 8.77. The van der Waals surface area contributed by atoms with Crippen molar-refractivity contribution in [2.45, 2.75) is 19.8 Å². The zero-order chi connectivity index (χ0) is 17.6. The average molecular weight is 376 g/mol. The van der Waals surface area contributed by atoms with Crippen molar-refractivity contribution < 1.29 is 9.53 Å². The summed E-state index contributed by atoms with van der Waals surface area (Å²) >= 11 is 0. The molecule has 1 amide bonds. The Bertz CT molecular complexity index is 728. The number of nitrogens with zero attached hydrogens (tertiary/aromatic N) is 1. The SMILES string of the molecule is Cc1ccc(N2CCCC2)c(C(=O)Nc2ccc(OCCN)cc2)c1.Cl. The first-order valence-electron chi connectivity index (χ1n) is 8.77. The van der Waals surface area contributed by atoms with Gasteiger partial charge in [-0.3, -0.25) is 4.79 Å². The Kier molecular flexibility index (Phi) is 7.30. The first-order chi connectivity index (χ1) is 12.2. The number of rotatable bonds is 6. The van der Waals surface area contributed by atoms with E-state index in [1.165, 1.54) is 12.8 Å². The molecule has 2 aromatic carbocycles. The molecule has 1 heterocycles. The molecule has 0 aromatic heterocycles. The van der Waals surface area contributed by atoms with Crippen molar-refractivity contribution in [3.05, 3.63) is 53.6 Å². The summed E-state index contributed by atoms with van der Waals surface area (Å²) in [6, 6.07) is 13.4. The second-order valence-electron chi connectivity index (χ2n) is 6.33. The second-order valence-corrected chi connectivity index (χ2v) is 6.33. The van der Waals surface area contributed by atoms with Crippen molar-refractivity contribution in [2.75, 3.05) is 36.5 Å². The number of aryl methyl sites for hydroxylation is 1. The lowest BCUT2D eigenvalue weighted by Crippen LogP contribution is -2.23. The van der Waals surface area contributed by atoms with E-state index in [2.05, 4.69) is 22.3 Å². The quantitative estimate of drug-likeness (QED) is 0.809. The number of nitrogens with two attached hydrogens (primary N) is 1. The summed E-state index contributed by atoms with van der Waals surface area (Å²) in [6.07, 6.45) is 2.36. The van der Waals surface area contributed by atoms with Gasteiger partial charge in [-0.1, -0.05) is 11.6 Å². The number of anilines is 2. The van der Waals surface area contributed by atoms with Crippen molar-refractivity contribution in [3.8, 4) is 5.75 Å². The molecule has 3 rings (SSSR count). The third-order valence-corrected chi connectivity index (χ3v) is 4.34. The number of hydrogen-bond acceptors (Lipinski definition) is 4. The topological polar surface area (TPSA) is 67.6 Å². The lowest BCUT2D eigenvalue weighted by molar-refractivity contribution is 0.102. The van der Waals surface area contributed by atoms with E-state index in [0.717, 1.165) is 41.3 Å². The van der Waals surface area contributed by atoms with Crippen LogP contribution in [0.2, 0.25) is 0 Å². The van der Waals surface area contributed by atoms with Gasteiger partial charge in [-0.25, -0.2) is 0 Å². The Labute approximate surface area is 160 Å². The van der Waals surface area contributed by atoms with Crippen molar-refractivity contribution in [1.82, 2.24) is 0 Å². The number of carbonyl (C=O) groups excluding carboxylic acids is 1. The minimum Gasteiger partial charge on any atom is -0.492 e. The van der Waals surface area contributed by atoms with Crippen LogP contribution in [-0.2, 0) is 0 Å². The van der Waals surface area contributed by atoms with Gasteiger partial charge in [0.15, 0.2) is 0 Å². The van der Waals surface area contributed by atoms with Crippen LogP contribution < -0.4 is 20.7 Å². The van der Waals surface area contributed by atoms with Gasteiger partial charge >= 0.3 is 0 Å². The lowest BCUT2D eigenvalue weighted by atomic mass is 10.1. The molecule has 0 unspecified atom stereocenters. The fraction of sp³-hybridized carbons (Fsp3) is 0.350. The molecule has 0 spiro atoms. The smallest absolute Gasteiger partial charge is 0.257 e. The Balaban J connectivity index is 0.00000243. The van der Waals surface area contributed by atoms with E-state index in [1.54, 1.807) is 0 Å². The fourth-order valence-corrected chi connectivity index (χ4v) is 3.08. The predicted molar refractivity (Wildman–Crippen MR) is 109 cm³/mol. The van der Waals surface area contributed by atoms with Crippen LogP contribution in [-0.4, -0.2) is 32.1 Å². The van der Waals surface area contributed by atoms with Crippen LogP contribution in [0.25, 0.3) is 0 Å². The molecule has 2 aromatic rings. The van der Waals surface area contributed by atoms with Crippen LogP contribution in [0.4, 0.5) is 11.4 Å². The van der Waals surface area contributed by atoms with Gasteiger partial charge in [-0.2, -0.15) is 0 Å². The summed E-state index contributed by atoms with van der Waals surface area (Å²) in [5.41, 5.74) is 9.00. The molecule has 0 aliphatic carbocycles. The molecule has 1 saturated heterocycles. The number of amides is 1. The number of carbonyl (C=O) groups is 1. The molecule has 26 heavy (non-hydrogen) atoms. The predicted octanol–water partition coefficient (Wildman–Crippen LogP) is 3.61. The number of ether oxygens (including phenoxy) is 1. The van der Waals surface area contributed by atoms with E-state index >= 15 is 0 Å². The number of benzene rings is 2. The molecule has 1 aliphatic rings. The summed E-state index contributed by atoms with van der Waals surface area (Å²) in [6.45, 7) is 4.99. The van der Waals surface area contributed by atoms with Crippen LogP contribution in [0, 0.1) is 6.92 Å². The molecule has 0 bridgehead atoms. The fourth-order valence-electron chi connectivity index (χ4n) is 3.08. The van der Waals surface area contributed by atoms with Gasteiger partial charge in [0, 0.05) is 31.0 Å². The summed E-state index contributed by atoms with van der Waals surface area (Å²) < 4.78 is 5.46. The number of halogens is 1. The van der Waals surface area contributed by atoms with Crippen molar-refractivity contribution >= 4 is 29.7 Å². The van der Waals surface area contributed by atoms with Gasteiger partial charge < -0.3 is 20.7 Å². The third-order valence-electron chi connectivity index (χ3n) is 4.34. The highest BCUT2D eigenvalue weighted by atomic mass is 35.5. The summed E-state index contributed by atoms with van der Waals surface area (Å²) in [4.78, 5) is 15.1. The Hall–Kier alpha value is -2.24. The second kappa shape index (κ2) is 9.46. The molecule has 5 nitrogen and oxygen atoms in total. The van der Waals surface area contributed by atoms with Crippen LogP contribution >= 0.6 is 12.4 Å². The maximum absolute atomic E-state index is 12.8. The summed E-state index contributed by atoms with van der Waals surface area (Å²) in [7, 11) is 0. The molecule has 0 atom stereocenters. The van der Waals surface area contributed by atoms with Crippen LogP contribution in [0.3, 0.4) is 0 Å². The van der Waals surface area contributed by atoms with Gasteiger partial charge in [0.1, 0.15) is 12.4 Å². The maximum atomic E-state index is 12.8. The minimum atomic E-state index is -0.0822. The minimum absolute atomic E-state index is 0. The number of nitrogens with one attached hydrogen (secondary N) is 1. The molecule has 0 saturated carbocycles. The summed E-state index contributed by atoms with van der Waals surface area (Å²) in [5, 5.41) is 2.99. The van der Waals surface area contributed by atoms with E-state index in [4.69, 9.17) is 10.5 Å². The van der Waals surface area contributed by atoms with Gasteiger partial charge in [-0.15, -0.1) is 12.4 Å². The Morgan fingerprint density at radius 2 is 1.85 bits per heavy atom. The van der Waals surface area contributed by atoms with Crippen LogP contribution in [0.1, 0.15) is 28.8 Å². The van der Waals surface area contributed by atoms with Gasteiger partial charge in [-0.05, 0) is 56.2 Å². The Morgan fingerprint density at radius 3 is 2.50 bits per heavy atom. The molecule has 3 N–H and O–H groups in total. The highest BCUT2D eigenvalue weighted by Crippen LogP contribution is 2.27. The largest absolute Gasteiger partial charge is 0.492 e. The van der Waals surface area contributed by atoms with E-state index in [1.807, 2.05) is 37.3 Å². The molecule has 0 radical (unpaired) electrons. The average Bonchev–Trinajstić information content (AvgIpc) is 3.15. The summed E-state index contributed by atoms with van der Waals surface area (Å²) in [5.74, 6) is 0.665. The molecule has 1 aliphatic heterocycles. The third kappa shape index (κ3) is 4.90. The van der Waals surface area contributed by atoms with Crippen molar-refractivity contribution in [3.63, 3.8) is 0 Å². The van der Waals surface area contributed by atoms with Crippen molar-refractivity contribution in [2.24, 2.45) is 5.73 Å². The van der Waals surface area contributed by atoms with E-state index in [9.17, 15) is 4.79 Å². The zero-order valence-corrected chi connectivity index (χ0v) is 15.8. The number of hydrogen-bond donors (Lipinski definition) is 2. The highest BCUT2D eigenvalue weighted by molar-refractivity contribution is 6.08. The maximum Gasteiger partial charge on any atom is 0.257 e.